The van der Waals surface area contributed by atoms with Crippen molar-refractivity contribution in [3.8, 4) is 0 Å². The van der Waals surface area contributed by atoms with E-state index in [9.17, 15) is 4.79 Å². The number of ether oxygens (including phenoxy) is 1. The molecule has 0 atom stereocenters. The van der Waals surface area contributed by atoms with Crippen LogP contribution < -0.4 is 21.0 Å². The minimum absolute atomic E-state index is 0.0127. The number of nitrogens with zero attached hydrogens (tertiary/aromatic N) is 9. The first-order valence-electron chi connectivity index (χ1n) is 20.2. The molecule has 2 aromatic rings. The molecule has 0 radical (unpaired) electrons. The molecule has 20 heteroatoms. The Kier molecular flexibility index (Phi) is 24.3. The summed E-state index contributed by atoms with van der Waals surface area (Å²) in [6.07, 6.45) is 3.05. The van der Waals surface area contributed by atoms with E-state index in [4.69, 9.17) is 14.4 Å². The second-order valence-electron chi connectivity index (χ2n) is 15.7. The van der Waals surface area contributed by atoms with Crippen LogP contribution in [-0.2, 0) is 19.2 Å². The normalized spacial score (nSPS) is 15.8. The largest absolute Gasteiger partial charge is 0.446 e. The summed E-state index contributed by atoms with van der Waals surface area (Å²) < 4.78 is 8.25. The highest BCUT2D eigenvalue weighted by atomic mass is 32.2. The Bertz CT molecular complexity index is 1670. The van der Waals surface area contributed by atoms with Crippen LogP contribution in [0.5, 0.6) is 0 Å². The van der Waals surface area contributed by atoms with Crippen molar-refractivity contribution >= 4 is 47.1 Å². The van der Waals surface area contributed by atoms with Gasteiger partial charge in [0.1, 0.15) is 71.5 Å². The Hall–Kier alpha value is -5.79. The zero-order valence-corrected chi connectivity index (χ0v) is 39.3. The quantitative estimate of drug-likeness (QED) is 0.149. The highest BCUT2D eigenvalue weighted by Gasteiger charge is 2.16. The Morgan fingerprint density at radius 2 is 1.03 bits per heavy atom. The Morgan fingerprint density at radius 3 is 1.20 bits per heavy atom. The molecule has 19 nitrogen and oxygen atoms in total. The van der Waals surface area contributed by atoms with Crippen molar-refractivity contribution in [1.82, 2.24) is 51.4 Å². The third kappa shape index (κ3) is 22.4. The molecule has 5 aliphatic rings. The van der Waals surface area contributed by atoms with Gasteiger partial charge in [0.2, 0.25) is 17.7 Å². The first-order chi connectivity index (χ1) is 28.6. The Labute approximate surface area is 366 Å². The van der Waals surface area contributed by atoms with Crippen molar-refractivity contribution < 1.29 is 19.2 Å². The van der Waals surface area contributed by atoms with Crippen LogP contribution in [0.2, 0.25) is 0 Å². The lowest BCUT2D eigenvalue weighted by molar-refractivity contribution is -0.117. The first kappa shape index (κ1) is 53.2. The molecule has 0 saturated carbocycles. The zero-order valence-electron chi connectivity index (χ0n) is 38.5. The standard InChI is InChI=1S/C7H11NO.3C6H10N2O.C6H10N2S.2C5H9N3/c1-5(2)7-8-4-6(3)9-7;2*1-4(2)6-7-5(3)9-8-6;1-4(2)6-7-3-5(9)8-6;1-4(2)6-7-5(3)9-8-6;2*1-4(2)5-6-3-7-8-5/h5H,3-4H2,1-2H3;2*4H,3H2,1-2H3,(H,7,8);4H,3H2,1-2H3,(H,7,8,9);4H,3H2,1-2H3,(H,7,8);2*3-4H,1-2H3,(H,6,7,8). The predicted molar refractivity (Wildman–Crippen MR) is 247 cm³/mol. The number of carbonyl (C=O) groups excluding carboxylic acids is 1. The van der Waals surface area contributed by atoms with Crippen LogP contribution in [-0.4, -0.2) is 78.6 Å². The van der Waals surface area contributed by atoms with Crippen molar-refractivity contribution in [2.45, 2.75) is 109 Å². The van der Waals surface area contributed by atoms with E-state index < -0.39 is 0 Å². The maximum atomic E-state index is 10.5. The molecule has 338 valence electrons. The number of nitrogens with one attached hydrogen (secondary N) is 6. The van der Waals surface area contributed by atoms with Crippen LogP contribution in [0, 0.1) is 29.6 Å². The molecule has 0 fully saturated rings. The van der Waals surface area contributed by atoms with Gasteiger partial charge in [-0.1, -0.05) is 110 Å². The van der Waals surface area contributed by atoms with Crippen molar-refractivity contribution in [1.29, 1.82) is 0 Å². The van der Waals surface area contributed by atoms with E-state index in [0.717, 1.165) is 51.7 Å². The van der Waals surface area contributed by atoms with Crippen LogP contribution >= 0.6 is 11.9 Å². The SMILES string of the molecule is C=C1CN=C(C(C)C)O1.C=C1N=C(C(C)C)NO1.C=C1N=C(C(C)C)NO1.C=C1N=C(C(C)C)NS1.CC(C)C1=NCC(=O)N1.CC(C)c1ncn[nH]1.CC(C)c1ncn[nH]1. The maximum Gasteiger partial charge on any atom is 0.247 e. The first-order valence-corrected chi connectivity index (χ1v) is 21.0. The second-order valence-corrected chi connectivity index (χ2v) is 16.5. The number of H-pyrrole nitrogens is 2. The number of hydrogen-bond acceptors (Lipinski definition) is 17. The summed E-state index contributed by atoms with van der Waals surface area (Å²) >= 11 is 1.49. The lowest BCUT2D eigenvalue weighted by Crippen LogP contribution is -2.27. The predicted octanol–water partition coefficient (Wildman–Crippen LogP) is 7.47. The molecule has 0 spiro atoms. The molecule has 0 bridgehead atoms. The summed E-state index contributed by atoms with van der Waals surface area (Å²) in [6, 6.07) is 0. The minimum atomic E-state index is 0.0127. The van der Waals surface area contributed by atoms with Gasteiger partial charge in [0.25, 0.3) is 0 Å². The van der Waals surface area contributed by atoms with Crippen LogP contribution in [0.3, 0.4) is 0 Å². The lowest BCUT2D eigenvalue weighted by Gasteiger charge is -2.02. The van der Waals surface area contributed by atoms with Gasteiger partial charge in [-0.3, -0.25) is 20.0 Å². The maximum absolute atomic E-state index is 10.5. The number of hydroxylamine groups is 2. The number of aliphatic imine (C=N–C) groups is 5. The Balaban J connectivity index is 0.000000356. The molecule has 0 saturated heterocycles. The summed E-state index contributed by atoms with van der Waals surface area (Å²) in [5.41, 5.74) is 5.31. The molecule has 7 rings (SSSR count). The van der Waals surface area contributed by atoms with Gasteiger partial charge in [-0.05, 0) is 13.2 Å². The molecule has 5 aliphatic heterocycles. The van der Waals surface area contributed by atoms with Crippen LogP contribution in [0.1, 0.15) is 120 Å². The van der Waals surface area contributed by atoms with E-state index in [1.807, 2.05) is 41.5 Å². The fraction of sp³-hybridized carbons (Fsp3) is 0.561. The summed E-state index contributed by atoms with van der Waals surface area (Å²) in [5.74, 6) is 10.8. The molecule has 61 heavy (non-hydrogen) atoms. The smallest absolute Gasteiger partial charge is 0.247 e. The summed E-state index contributed by atoms with van der Waals surface area (Å²) in [6.45, 7) is 44.1. The van der Waals surface area contributed by atoms with E-state index >= 15 is 0 Å². The molecule has 1 amide bonds. The minimum Gasteiger partial charge on any atom is -0.446 e. The molecule has 2 aromatic heterocycles. The number of amidine groups is 4. The highest BCUT2D eigenvalue weighted by Crippen LogP contribution is 2.19. The van der Waals surface area contributed by atoms with E-state index in [1.54, 1.807) is 0 Å². The van der Waals surface area contributed by atoms with Gasteiger partial charge in [-0.15, -0.1) is 0 Å². The van der Waals surface area contributed by atoms with Gasteiger partial charge in [0, 0.05) is 53.4 Å². The fourth-order valence-corrected chi connectivity index (χ4v) is 4.63. The van der Waals surface area contributed by atoms with Gasteiger partial charge in [-0.25, -0.2) is 30.9 Å². The fourth-order valence-electron chi connectivity index (χ4n) is 3.99. The molecule has 0 aliphatic carbocycles. The van der Waals surface area contributed by atoms with Crippen molar-refractivity contribution in [2.24, 2.45) is 54.6 Å². The van der Waals surface area contributed by atoms with E-state index in [0.29, 0.717) is 66.3 Å². The van der Waals surface area contributed by atoms with Gasteiger partial charge in [-0.2, -0.15) is 20.2 Å². The van der Waals surface area contributed by atoms with Gasteiger partial charge >= 0.3 is 0 Å². The number of aromatic nitrogens is 6. The monoisotopic (exact) mass is 868 g/mol. The van der Waals surface area contributed by atoms with E-state index in [2.05, 4.69) is 158 Å². The van der Waals surface area contributed by atoms with E-state index in [-0.39, 0.29) is 5.91 Å². The third-order valence-corrected chi connectivity index (χ3v) is 8.16. The average molecular weight is 868 g/mol. The number of hydrogen-bond donors (Lipinski definition) is 6. The van der Waals surface area contributed by atoms with Crippen LogP contribution in [0.4, 0.5) is 0 Å². The molecule has 7 heterocycles. The Morgan fingerprint density at radius 1 is 0.574 bits per heavy atom. The second kappa shape index (κ2) is 27.9. The van der Waals surface area contributed by atoms with Crippen LogP contribution in [0.15, 0.2) is 86.5 Å². The summed E-state index contributed by atoms with van der Waals surface area (Å²) in [4.78, 5) is 48.2. The number of aromatic amines is 2. The van der Waals surface area contributed by atoms with Crippen LogP contribution in [0.25, 0.3) is 0 Å². The molecular weight excluding hydrogens is 799 g/mol. The lowest BCUT2D eigenvalue weighted by atomic mass is 10.2. The average Bonchev–Trinajstić information content (AvgIpc) is 4.04. The topological polar surface area (TPSA) is 238 Å². The molecule has 6 N–H and O–H groups in total. The van der Waals surface area contributed by atoms with E-state index in [1.165, 1.54) is 24.6 Å². The molecule has 0 unspecified atom stereocenters. The number of carbonyl (C=O) groups is 1. The summed E-state index contributed by atoms with van der Waals surface area (Å²) in [5, 5.41) is 16.5. The number of rotatable bonds is 7. The zero-order chi connectivity index (χ0) is 46.2. The van der Waals surface area contributed by atoms with Crippen molar-refractivity contribution in [2.75, 3.05) is 13.1 Å². The van der Waals surface area contributed by atoms with Gasteiger partial charge in [0.05, 0.1) is 0 Å². The van der Waals surface area contributed by atoms with Crippen molar-refractivity contribution in [3.05, 3.63) is 73.2 Å². The molecule has 0 aromatic carbocycles. The summed E-state index contributed by atoms with van der Waals surface area (Å²) in [7, 11) is 0. The van der Waals surface area contributed by atoms with Crippen molar-refractivity contribution in [3.63, 3.8) is 0 Å². The van der Waals surface area contributed by atoms with Gasteiger partial charge < -0.3 is 24.5 Å². The third-order valence-electron chi connectivity index (χ3n) is 7.52. The van der Waals surface area contributed by atoms with Gasteiger partial charge in [0.15, 0.2) is 5.90 Å². The number of amides is 1. The molecular formula is C41H69N15O4S. The highest BCUT2D eigenvalue weighted by molar-refractivity contribution is 8.02.